The molecule has 0 spiro atoms. The van der Waals surface area contributed by atoms with Crippen LogP contribution < -0.4 is 5.32 Å². The van der Waals surface area contributed by atoms with Gasteiger partial charge >= 0.3 is 12.1 Å². The number of alkyl carbamates (subject to hydrolysis) is 1. The molecule has 0 saturated heterocycles. The lowest BCUT2D eigenvalue weighted by Gasteiger charge is -2.34. The molecule has 0 bridgehead atoms. The van der Waals surface area contributed by atoms with E-state index < -0.39 is 30.1 Å². The first-order valence-corrected chi connectivity index (χ1v) is 11.5. The number of methoxy groups -OCH3 is 1. The summed E-state index contributed by atoms with van der Waals surface area (Å²) >= 11 is 0. The molecule has 0 heterocycles. The van der Waals surface area contributed by atoms with Gasteiger partial charge in [-0.15, -0.1) is 0 Å². The highest BCUT2D eigenvalue weighted by atomic mass is 16.5. The number of nitrogens with one attached hydrogen (secondary N) is 1. The summed E-state index contributed by atoms with van der Waals surface area (Å²) in [7, 11) is 1.42. The number of carbonyl (C=O) groups excluding carboxylic acids is 2. The smallest absolute Gasteiger partial charge is 0.408 e. The van der Waals surface area contributed by atoms with E-state index in [9.17, 15) is 19.5 Å². The summed E-state index contributed by atoms with van der Waals surface area (Å²) in [4.78, 5) is 38.7. The Morgan fingerprint density at radius 2 is 1.65 bits per heavy atom. The third-order valence-corrected chi connectivity index (χ3v) is 6.42. The molecular formula is C26H30N2O6. The average molecular weight is 467 g/mol. The summed E-state index contributed by atoms with van der Waals surface area (Å²) in [6.45, 7) is 1.44. The fraction of sp³-hybridized carbons (Fsp3) is 0.423. The molecule has 2 aliphatic rings. The van der Waals surface area contributed by atoms with Crippen LogP contribution in [0, 0.1) is 5.92 Å². The lowest BCUT2D eigenvalue weighted by Crippen LogP contribution is -2.61. The molecule has 2 N–H and O–H groups in total. The molecule has 180 valence electrons. The summed E-state index contributed by atoms with van der Waals surface area (Å²) in [6.07, 6.45) is 1.17. The van der Waals surface area contributed by atoms with Crippen LogP contribution in [0.1, 0.15) is 36.8 Å². The van der Waals surface area contributed by atoms with Gasteiger partial charge in [-0.05, 0) is 47.9 Å². The van der Waals surface area contributed by atoms with Crippen molar-refractivity contribution >= 4 is 18.0 Å². The molecule has 1 atom stereocenters. The van der Waals surface area contributed by atoms with Crippen molar-refractivity contribution in [2.75, 3.05) is 33.4 Å². The van der Waals surface area contributed by atoms with E-state index in [4.69, 9.17) is 9.47 Å². The number of ether oxygens (including phenoxy) is 2. The highest BCUT2D eigenvalue weighted by molar-refractivity contribution is 5.91. The molecule has 1 fully saturated rings. The van der Waals surface area contributed by atoms with Crippen LogP contribution in [0.3, 0.4) is 0 Å². The molecule has 1 saturated carbocycles. The topological polar surface area (TPSA) is 105 Å². The molecule has 8 heteroatoms. The van der Waals surface area contributed by atoms with Gasteiger partial charge in [-0.25, -0.2) is 4.79 Å². The zero-order chi connectivity index (χ0) is 24.3. The third-order valence-electron chi connectivity index (χ3n) is 6.42. The van der Waals surface area contributed by atoms with Crippen LogP contribution in [-0.4, -0.2) is 66.9 Å². The number of hydrogen-bond acceptors (Lipinski definition) is 5. The van der Waals surface area contributed by atoms with Gasteiger partial charge in [-0.3, -0.25) is 9.59 Å². The van der Waals surface area contributed by atoms with Crippen LogP contribution in [0.4, 0.5) is 4.79 Å². The van der Waals surface area contributed by atoms with Crippen molar-refractivity contribution in [1.29, 1.82) is 0 Å². The van der Waals surface area contributed by atoms with Crippen LogP contribution >= 0.6 is 0 Å². The fourth-order valence-electron chi connectivity index (χ4n) is 4.64. The van der Waals surface area contributed by atoms with Gasteiger partial charge in [-0.1, -0.05) is 48.5 Å². The van der Waals surface area contributed by atoms with Crippen LogP contribution in [0.25, 0.3) is 11.1 Å². The van der Waals surface area contributed by atoms with E-state index in [-0.39, 0.29) is 19.1 Å². The number of aliphatic carboxylic acids is 1. The van der Waals surface area contributed by atoms with E-state index in [1.54, 1.807) is 0 Å². The van der Waals surface area contributed by atoms with Crippen LogP contribution in [-0.2, 0) is 19.1 Å². The molecule has 2 amide bonds. The number of carboxylic acids is 1. The molecule has 8 nitrogen and oxygen atoms in total. The van der Waals surface area contributed by atoms with Crippen molar-refractivity contribution < 1.29 is 29.0 Å². The minimum Gasteiger partial charge on any atom is -0.480 e. The average Bonchev–Trinajstić information content (AvgIpc) is 3.57. The Morgan fingerprint density at radius 1 is 1.06 bits per heavy atom. The quantitative estimate of drug-likeness (QED) is 0.557. The summed E-state index contributed by atoms with van der Waals surface area (Å²) in [6, 6.07) is 16.1. The van der Waals surface area contributed by atoms with E-state index >= 15 is 0 Å². The van der Waals surface area contributed by atoms with Gasteiger partial charge in [0.1, 0.15) is 18.7 Å². The SMILES string of the molecule is COCC(C)(NC(=O)OCC1c2ccccc2-c2ccccc21)C(=O)N(CC(=O)O)CC1CC1. The molecule has 2 aromatic carbocycles. The minimum atomic E-state index is -1.46. The summed E-state index contributed by atoms with van der Waals surface area (Å²) < 4.78 is 10.8. The van der Waals surface area contributed by atoms with Crippen LogP contribution in [0.15, 0.2) is 48.5 Å². The summed E-state index contributed by atoms with van der Waals surface area (Å²) in [5.74, 6) is -1.42. The second kappa shape index (κ2) is 9.85. The molecule has 34 heavy (non-hydrogen) atoms. The number of hydrogen-bond donors (Lipinski definition) is 2. The number of carbonyl (C=O) groups is 3. The fourth-order valence-corrected chi connectivity index (χ4v) is 4.64. The molecule has 0 aromatic heterocycles. The van der Waals surface area contributed by atoms with E-state index in [2.05, 4.69) is 17.4 Å². The van der Waals surface area contributed by atoms with Gasteiger partial charge in [0.05, 0.1) is 6.61 Å². The monoisotopic (exact) mass is 466 g/mol. The van der Waals surface area contributed by atoms with Gasteiger partial charge in [0.25, 0.3) is 5.91 Å². The Morgan fingerprint density at radius 3 is 2.18 bits per heavy atom. The molecule has 0 aliphatic heterocycles. The van der Waals surface area contributed by atoms with Gasteiger partial charge in [0.2, 0.25) is 0 Å². The number of fused-ring (bicyclic) bond motifs is 3. The first kappa shape index (κ1) is 23.8. The summed E-state index contributed by atoms with van der Waals surface area (Å²) in [5.41, 5.74) is 2.96. The largest absolute Gasteiger partial charge is 0.480 e. The van der Waals surface area contributed by atoms with Crippen molar-refractivity contribution in [3.8, 4) is 11.1 Å². The number of carboxylic acid groups (broad SMARTS) is 1. The molecule has 4 rings (SSSR count). The zero-order valence-corrected chi connectivity index (χ0v) is 19.5. The Hall–Kier alpha value is -3.39. The molecule has 1 unspecified atom stereocenters. The van der Waals surface area contributed by atoms with E-state index in [0.717, 1.165) is 35.1 Å². The van der Waals surface area contributed by atoms with Gasteiger partial charge in [-0.2, -0.15) is 0 Å². The molecular weight excluding hydrogens is 436 g/mol. The first-order chi connectivity index (χ1) is 16.3. The van der Waals surface area contributed by atoms with Crippen molar-refractivity contribution in [3.63, 3.8) is 0 Å². The normalized spacial score (nSPS) is 16.2. The minimum absolute atomic E-state index is 0.109. The van der Waals surface area contributed by atoms with E-state index in [1.165, 1.54) is 18.9 Å². The zero-order valence-electron chi connectivity index (χ0n) is 19.5. The standard InChI is InChI=1S/C26H30N2O6/c1-26(16-33-2,24(31)28(14-23(29)30)13-17-11-12-17)27-25(32)34-15-22-20-9-5-3-7-18(20)19-8-4-6-10-21(19)22/h3-10,17,22H,11-16H2,1-2H3,(H,27,32)(H,29,30). The van der Waals surface area contributed by atoms with Gasteiger partial charge in [0.15, 0.2) is 0 Å². The molecule has 2 aliphatic carbocycles. The van der Waals surface area contributed by atoms with Crippen molar-refractivity contribution in [2.45, 2.75) is 31.2 Å². The highest BCUT2D eigenvalue weighted by Crippen LogP contribution is 2.44. The Kier molecular flexibility index (Phi) is 6.88. The van der Waals surface area contributed by atoms with Crippen LogP contribution in [0.2, 0.25) is 0 Å². The summed E-state index contributed by atoms with van der Waals surface area (Å²) in [5, 5.41) is 11.9. The Balaban J connectivity index is 1.46. The van der Waals surface area contributed by atoms with Crippen molar-refractivity contribution in [3.05, 3.63) is 59.7 Å². The third kappa shape index (κ3) is 5.07. The Bertz CT molecular complexity index is 1040. The van der Waals surface area contributed by atoms with Gasteiger partial charge < -0.3 is 24.8 Å². The van der Waals surface area contributed by atoms with Crippen molar-refractivity contribution in [2.24, 2.45) is 5.92 Å². The van der Waals surface area contributed by atoms with Crippen molar-refractivity contribution in [1.82, 2.24) is 10.2 Å². The maximum atomic E-state index is 13.3. The second-order valence-corrected chi connectivity index (χ2v) is 9.24. The maximum Gasteiger partial charge on any atom is 0.408 e. The Labute approximate surface area is 198 Å². The number of amides is 2. The van der Waals surface area contributed by atoms with E-state index in [0.29, 0.717) is 12.5 Å². The predicted molar refractivity (Wildman–Crippen MR) is 125 cm³/mol. The second-order valence-electron chi connectivity index (χ2n) is 9.24. The lowest BCUT2D eigenvalue weighted by molar-refractivity contribution is -0.148. The molecule has 2 aromatic rings. The van der Waals surface area contributed by atoms with Crippen LogP contribution in [0.5, 0.6) is 0 Å². The first-order valence-electron chi connectivity index (χ1n) is 11.5. The molecule has 0 radical (unpaired) electrons. The number of benzene rings is 2. The van der Waals surface area contributed by atoms with Gasteiger partial charge in [0, 0.05) is 19.6 Å². The van der Waals surface area contributed by atoms with E-state index in [1.807, 2.05) is 36.4 Å². The number of rotatable bonds is 10. The lowest BCUT2D eigenvalue weighted by atomic mass is 9.98. The maximum absolute atomic E-state index is 13.3. The predicted octanol–water partition coefficient (Wildman–Crippen LogP) is 3.25. The number of nitrogens with zero attached hydrogens (tertiary/aromatic N) is 1. The highest BCUT2D eigenvalue weighted by Gasteiger charge is 2.41.